The van der Waals surface area contributed by atoms with Gasteiger partial charge in [0.2, 0.25) is 5.91 Å². The van der Waals surface area contributed by atoms with Crippen molar-refractivity contribution in [3.8, 4) is 11.5 Å². The SMILES string of the molecule is O=C(NCC1(c2ccc3c(c2)OCCO3)CCCC1)C1CCCC1. The number of carbonyl (C=O) groups is 1. The number of hydrogen-bond acceptors (Lipinski definition) is 3. The van der Waals surface area contributed by atoms with Crippen molar-refractivity contribution in [1.29, 1.82) is 0 Å². The summed E-state index contributed by atoms with van der Waals surface area (Å²) in [5.41, 5.74) is 1.35. The van der Waals surface area contributed by atoms with E-state index < -0.39 is 0 Å². The number of amides is 1. The van der Waals surface area contributed by atoms with Crippen LogP contribution < -0.4 is 14.8 Å². The van der Waals surface area contributed by atoms with Crippen LogP contribution in [-0.2, 0) is 10.2 Å². The molecule has 1 amide bonds. The van der Waals surface area contributed by atoms with E-state index in [9.17, 15) is 4.79 Å². The van der Waals surface area contributed by atoms with Gasteiger partial charge >= 0.3 is 0 Å². The number of hydrogen-bond donors (Lipinski definition) is 1. The lowest BCUT2D eigenvalue weighted by Gasteiger charge is -2.31. The Morgan fingerprint density at radius 1 is 1.04 bits per heavy atom. The number of ether oxygens (including phenoxy) is 2. The van der Waals surface area contributed by atoms with Crippen molar-refractivity contribution in [3.05, 3.63) is 23.8 Å². The molecule has 0 bridgehead atoms. The average molecular weight is 329 g/mol. The lowest BCUT2D eigenvalue weighted by atomic mass is 9.78. The molecule has 1 N–H and O–H groups in total. The van der Waals surface area contributed by atoms with Crippen LogP contribution in [0.25, 0.3) is 0 Å². The number of carbonyl (C=O) groups excluding carboxylic acids is 1. The molecule has 0 aromatic heterocycles. The molecule has 0 saturated heterocycles. The van der Waals surface area contributed by atoms with Gasteiger partial charge in [0.25, 0.3) is 0 Å². The topological polar surface area (TPSA) is 47.6 Å². The maximum Gasteiger partial charge on any atom is 0.223 e. The second-order valence-electron chi connectivity index (χ2n) is 7.55. The van der Waals surface area contributed by atoms with Crippen LogP contribution in [0.1, 0.15) is 56.9 Å². The van der Waals surface area contributed by atoms with Crippen LogP contribution in [0.15, 0.2) is 18.2 Å². The second kappa shape index (κ2) is 6.66. The standard InChI is InChI=1S/C20H27NO3/c22-19(15-5-1-2-6-15)21-14-20(9-3-4-10-20)16-7-8-17-18(13-16)24-12-11-23-17/h7-8,13,15H,1-6,9-12,14H2,(H,21,22). The Kier molecular flexibility index (Phi) is 4.38. The van der Waals surface area contributed by atoms with E-state index in [-0.39, 0.29) is 17.2 Å². The zero-order valence-electron chi connectivity index (χ0n) is 14.3. The summed E-state index contributed by atoms with van der Waals surface area (Å²) in [5.74, 6) is 2.19. The van der Waals surface area contributed by atoms with Crippen molar-refractivity contribution in [2.45, 2.75) is 56.8 Å². The van der Waals surface area contributed by atoms with Gasteiger partial charge in [-0.2, -0.15) is 0 Å². The highest BCUT2D eigenvalue weighted by Gasteiger charge is 2.37. The molecule has 0 spiro atoms. The minimum absolute atomic E-state index is 0.0596. The summed E-state index contributed by atoms with van der Waals surface area (Å²) in [6.45, 7) is 1.98. The van der Waals surface area contributed by atoms with E-state index >= 15 is 0 Å². The van der Waals surface area contributed by atoms with Gasteiger partial charge in [0, 0.05) is 17.9 Å². The van der Waals surface area contributed by atoms with Gasteiger partial charge in [0.1, 0.15) is 13.2 Å². The normalized spacial score (nSPS) is 22.5. The van der Waals surface area contributed by atoms with E-state index in [0.29, 0.717) is 13.2 Å². The lowest BCUT2D eigenvalue weighted by molar-refractivity contribution is -0.125. The molecule has 2 aliphatic carbocycles. The highest BCUT2D eigenvalue weighted by atomic mass is 16.6. The molecular weight excluding hydrogens is 302 g/mol. The molecule has 2 fully saturated rings. The molecule has 4 heteroatoms. The highest BCUT2D eigenvalue weighted by molar-refractivity contribution is 5.79. The Balaban J connectivity index is 1.51. The van der Waals surface area contributed by atoms with E-state index in [1.165, 1.54) is 31.2 Å². The summed E-state index contributed by atoms with van der Waals surface area (Å²) in [6.07, 6.45) is 9.25. The molecule has 24 heavy (non-hydrogen) atoms. The fourth-order valence-electron chi connectivity index (χ4n) is 4.58. The Labute approximate surface area is 143 Å². The molecule has 130 valence electrons. The van der Waals surface area contributed by atoms with Gasteiger partial charge in [-0.1, -0.05) is 31.7 Å². The number of benzene rings is 1. The van der Waals surface area contributed by atoms with E-state index in [1.807, 2.05) is 6.07 Å². The van der Waals surface area contributed by atoms with Gasteiger partial charge in [-0.25, -0.2) is 0 Å². The van der Waals surface area contributed by atoms with Crippen LogP contribution >= 0.6 is 0 Å². The van der Waals surface area contributed by atoms with Crippen molar-refractivity contribution >= 4 is 5.91 Å². The van der Waals surface area contributed by atoms with Crippen LogP contribution in [0, 0.1) is 5.92 Å². The van der Waals surface area contributed by atoms with E-state index in [1.54, 1.807) is 0 Å². The first kappa shape index (κ1) is 15.8. The predicted molar refractivity (Wildman–Crippen MR) is 92.5 cm³/mol. The van der Waals surface area contributed by atoms with Gasteiger partial charge in [-0.3, -0.25) is 4.79 Å². The lowest BCUT2D eigenvalue weighted by Crippen LogP contribution is -2.41. The third-order valence-corrected chi connectivity index (χ3v) is 6.04. The smallest absolute Gasteiger partial charge is 0.223 e. The Hall–Kier alpha value is -1.71. The van der Waals surface area contributed by atoms with E-state index in [0.717, 1.165) is 43.7 Å². The summed E-state index contributed by atoms with van der Waals surface area (Å²) >= 11 is 0. The zero-order valence-corrected chi connectivity index (χ0v) is 14.3. The molecule has 0 atom stereocenters. The van der Waals surface area contributed by atoms with Crippen LogP contribution in [0.4, 0.5) is 0 Å². The van der Waals surface area contributed by atoms with Crippen LogP contribution in [-0.4, -0.2) is 25.7 Å². The summed E-state index contributed by atoms with van der Waals surface area (Å²) in [4.78, 5) is 12.5. The minimum Gasteiger partial charge on any atom is -0.486 e. The van der Waals surface area contributed by atoms with Gasteiger partial charge in [-0.05, 0) is 43.4 Å². The first-order chi connectivity index (χ1) is 11.8. The zero-order chi connectivity index (χ0) is 16.4. The molecule has 4 nitrogen and oxygen atoms in total. The van der Waals surface area contributed by atoms with Gasteiger partial charge in [0.15, 0.2) is 11.5 Å². The highest BCUT2D eigenvalue weighted by Crippen LogP contribution is 2.44. The molecule has 4 rings (SSSR count). The van der Waals surface area contributed by atoms with Gasteiger partial charge in [0.05, 0.1) is 0 Å². The van der Waals surface area contributed by atoms with Crippen molar-refractivity contribution in [1.82, 2.24) is 5.32 Å². The number of nitrogens with one attached hydrogen (secondary N) is 1. The summed E-state index contributed by atoms with van der Waals surface area (Å²) < 4.78 is 11.4. The molecular formula is C20H27NO3. The molecule has 0 unspecified atom stereocenters. The summed E-state index contributed by atoms with van der Waals surface area (Å²) in [6, 6.07) is 6.34. The molecule has 1 aromatic rings. The largest absolute Gasteiger partial charge is 0.486 e. The fraction of sp³-hybridized carbons (Fsp3) is 0.650. The Morgan fingerprint density at radius 2 is 1.75 bits per heavy atom. The average Bonchev–Trinajstić information content (AvgIpc) is 3.32. The van der Waals surface area contributed by atoms with E-state index in [4.69, 9.17) is 9.47 Å². The van der Waals surface area contributed by atoms with Crippen LogP contribution in [0.2, 0.25) is 0 Å². The predicted octanol–water partition coefficient (Wildman–Crippen LogP) is 3.58. The maximum absolute atomic E-state index is 12.5. The first-order valence-corrected chi connectivity index (χ1v) is 9.45. The van der Waals surface area contributed by atoms with Crippen molar-refractivity contribution < 1.29 is 14.3 Å². The monoisotopic (exact) mass is 329 g/mol. The molecule has 3 aliphatic rings. The number of fused-ring (bicyclic) bond motifs is 1. The third-order valence-electron chi connectivity index (χ3n) is 6.04. The summed E-state index contributed by atoms with van der Waals surface area (Å²) in [7, 11) is 0. The third kappa shape index (κ3) is 2.99. The van der Waals surface area contributed by atoms with Crippen molar-refractivity contribution in [2.75, 3.05) is 19.8 Å². The summed E-state index contributed by atoms with van der Waals surface area (Å²) in [5, 5.41) is 3.27. The molecule has 1 aliphatic heterocycles. The van der Waals surface area contributed by atoms with E-state index in [2.05, 4.69) is 17.4 Å². The van der Waals surface area contributed by atoms with Gasteiger partial charge in [-0.15, -0.1) is 0 Å². The second-order valence-corrected chi connectivity index (χ2v) is 7.55. The quantitative estimate of drug-likeness (QED) is 0.918. The Morgan fingerprint density at radius 3 is 2.50 bits per heavy atom. The Bertz CT molecular complexity index is 601. The molecule has 1 heterocycles. The van der Waals surface area contributed by atoms with Crippen molar-refractivity contribution in [2.24, 2.45) is 5.92 Å². The van der Waals surface area contributed by atoms with Gasteiger partial charge < -0.3 is 14.8 Å². The van der Waals surface area contributed by atoms with Crippen LogP contribution in [0.3, 0.4) is 0 Å². The fourth-order valence-corrected chi connectivity index (χ4v) is 4.58. The minimum atomic E-state index is 0.0596. The molecule has 0 radical (unpaired) electrons. The number of rotatable bonds is 4. The molecule has 1 aromatic carbocycles. The molecule has 2 saturated carbocycles. The maximum atomic E-state index is 12.5. The first-order valence-electron chi connectivity index (χ1n) is 9.45. The van der Waals surface area contributed by atoms with Crippen LogP contribution in [0.5, 0.6) is 11.5 Å². The van der Waals surface area contributed by atoms with Crippen molar-refractivity contribution in [3.63, 3.8) is 0 Å².